The lowest BCUT2D eigenvalue weighted by molar-refractivity contribution is -0.145. The summed E-state index contributed by atoms with van der Waals surface area (Å²) in [5.41, 5.74) is 25.7. The van der Waals surface area contributed by atoms with Gasteiger partial charge in [-0.05, 0) is 113 Å². The third kappa shape index (κ3) is 20.8. The number of carboxylic acids is 1. The molecule has 0 saturated carbocycles. The highest BCUT2D eigenvalue weighted by Gasteiger charge is 2.41. The van der Waals surface area contributed by atoms with Gasteiger partial charge in [0.25, 0.3) is 0 Å². The predicted octanol–water partition coefficient (Wildman–Crippen LogP) is -1.05. The summed E-state index contributed by atoms with van der Waals surface area (Å²) in [6.45, 7) is 10.2. The molecule has 1 aliphatic heterocycles. The number of likely N-dealkylation sites (tertiary alicyclic amines) is 1. The Morgan fingerprint density at radius 3 is 1.62 bits per heavy atom. The van der Waals surface area contributed by atoms with Crippen molar-refractivity contribution < 1.29 is 63.0 Å². The molecule has 488 valence electrons. The van der Waals surface area contributed by atoms with E-state index in [1.54, 1.807) is 70.4 Å². The highest BCUT2D eigenvalue weighted by Crippen LogP contribution is 2.24. The third-order valence-electron chi connectivity index (χ3n) is 15.6. The number of primary amides is 1. The number of carbonyl (C=O) groups excluding carboxylic acids is 10. The average Bonchev–Trinajstić information content (AvgIpc) is 2.32. The van der Waals surface area contributed by atoms with Gasteiger partial charge >= 0.3 is 5.97 Å². The van der Waals surface area contributed by atoms with E-state index in [0.29, 0.717) is 67.1 Å². The van der Waals surface area contributed by atoms with Gasteiger partial charge in [0.15, 0.2) is 6.04 Å². The number of aliphatic carboxylic acids is 1. The molecule has 1 aliphatic rings. The van der Waals surface area contributed by atoms with Crippen LogP contribution in [0.5, 0.6) is 0 Å². The van der Waals surface area contributed by atoms with E-state index in [2.05, 4.69) is 52.5 Å². The zero-order valence-corrected chi connectivity index (χ0v) is 51.5. The Morgan fingerprint density at radius 2 is 1.08 bits per heavy atom. The minimum Gasteiger partial charge on any atom is -0.480 e. The quantitative estimate of drug-likeness (QED) is 0.0242. The lowest BCUT2D eigenvalue weighted by Crippen LogP contribution is -2.61. The summed E-state index contributed by atoms with van der Waals surface area (Å²) in [5, 5.41) is 42.4. The first-order valence-electron chi connectivity index (χ1n) is 30.4. The summed E-state index contributed by atoms with van der Waals surface area (Å²) in [4.78, 5) is 160. The number of aliphatic hydroxyl groups is 1. The molecule has 0 aliphatic carbocycles. The van der Waals surface area contributed by atoms with Gasteiger partial charge in [0.1, 0.15) is 48.3 Å². The molecular formula is C61H91N15O13. The van der Waals surface area contributed by atoms with Gasteiger partial charge in [0.2, 0.25) is 59.1 Å². The van der Waals surface area contributed by atoms with Crippen LogP contribution in [-0.4, -0.2) is 176 Å². The maximum atomic E-state index is 14.9. The Labute approximate surface area is 517 Å². The molecule has 28 heteroatoms. The fraction of sp³-hybridized carbons (Fsp3) is 0.557. The van der Waals surface area contributed by atoms with Crippen LogP contribution >= 0.6 is 0 Å². The number of rotatable bonds is 36. The number of aromatic amines is 2. The van der Waals surface area contributed by atoms with E-state index < -0.39 is 144 Å². The van der Waals surface area contributed by atoms with Gasteiger partial charge in [0.05, 0.1) is 18.6 Å². The van der Waals surface area contributed by atoms with Crippen LogP contribution in [-0.2, 0) is 65.6 Å². The van der Waals surface area contributed by atoms with E-state index in [1.165, 1.54) is 18.7 Å². The normalized spacial score (nSPS) is 16.6. The van der Waals surface area contributed by atoms with Crippen molar-refractivity contribution in [2.75, 3.05) is 19.6 Å². The summed E-state index contributed by atoms with van der Waals surface area (Å²) in [7, 11) is 0. The summed E-state index contributed by atoms with van der Waals surface area (Å²) in [5.74, 6) is -10.5. The Bertz CT molecular complexity index is 3110. The highest BCUT2D eigenvalue weighted by atomic mass is 16.4. The molecule has 4 aromatic rings. The molecule has 0 bridgehead atoms. The van der Waals surface area contributed by atoms with Crippen LogP contribution in [0.4, 0.5) is 0 Å². The minimum atomic E-state index is -1.71. The molecule has 2 aromatic heterocycles. The van der Waals surface area contributed by atoms with E-state index in [-0.39, 0.29) is 51.1 Å². The number of fused-ring (bicyclic) bond motifs is 2. The fourth-order valence-electron chi connectivity index (χ4n) is 10.7. The van der Waals surface area contributed by atoms with Gasteiger partial charge in [-0.1, -0.05) is 70.5 Å². The van der Waals surface area contributed by atoms with Crippen molar-refractivity contribution in [1.29, 1.82) is 0 Å². The third-order valence-corrected chi connectivity index (χ3v) is 15.6. The largest absolute Gasteiger partial charge is 0.480 e. The van der Waals surface area contributed by atoms with Crippen LogP contribution in [0, 0.1) is 11.8 Å². The number of nitrogens with zero attached hydrogens (tertiary/aromatic N) is 1. The zero-order chi connectivity index (χ0) is 65.6. The second kappa shape index (κ2) is 34.3. The van der Waals surface area contributed by atoms with Crippen molar-refractivity contribution in [3.05, 3.63) is 72.1 Å². The molecule has 0 radical (unpaired) electrons. The summed E-state index contributed by atoms with van der Waals surface area (Å²) in [6.07, 6.45) is 3.74. The average molecular weight is 1240 g/mol. The Morgan fingerprint density at radius 1 is 0.584 bits per heavy atom. The topological polar surface area (TPSA) is 463 Å². The second-order valence-electron chi connectivity index (χ2n) is 23.6. The number of aliphatic hydroxyl groups excluding tert-OH is 1. The van der Waals surface area contributed by atoms with Crippen LogP contribution in [0.25, 0.3) is 21.8 Å². The molecule has 5 rings (SSSR count). The molecule has 2 aromatic carbocycles. The molecular weight excluding hydrogens is 1150 g/mol. The SMILES string of the molecule is CC(C)C[C@H](NC(=O)[C@H](Cc1c[nH]c2ccccc12)NC(=O)[C@H](CC(N)=O)NC(=O)[C@@H](NC(=O)[C@H](C)NC(=O)[C@@H](N)CCCCN)C(C)C)C(=O)N[C@@H](CCCCN)C(=O)N1CCC[C@H]1C(=O)N[C@@H](Cc1c[nH]c2ccccc12)C(=O)N[C@H](C(=O)O)[C@@H](C)O. The number of nitrogens with one attached hydrogen (secondary N) is 10. The Hall–Kier alpha value is -8.47. The zero-order valence-electron chi connectivity index (χ0n) is 51.5. The molecule has 0 unspecified atom stereocenters. The number of nitrogens with two attached hydrogens (primary N) is 4. The number of unbranched alkanes of at least 4 members (excludes halogenated alkanes) is 2. The molecule has 1 fully saturated rings. The van der Waals surface area contributed by atoms with Crippen molar-refractivity contribution in [2.45, 2.75) is 185 Å². The van der Waals surface area contributed by atoms with Gasteiger partial charge in [0, 0.05) is 53.6 Å². The summed E-state index contributed by atoms with van der Waals surface area (Å²) >= 11 is 0. The lowest BCUT2D eigenvalue weighted by Gasteiger charge is -2.31. The number of para-hydroxylation sites is 2. The molecule has 28 nitrogen and oxygen atoms in total. The van der Waals surface area contributed by atoms with Gasteiger partial charge in [-0.15, -0.1) is 0 Å². The number of hydrogen-bond acceptors (Lipinski definition) is 15. The van der Waals surface area contributed by atoms with Gasteiger partial charge in [-0.2, -0.15) is 0 Å². The summed E-state index contributed by atoms with van der Waals surface area (Å²) < 4.78 is 0. The van der Waals surface area contributed by atoms with Crippen LogP contribution in [0.2, 0.25) is 0 Å². The van der Waals surface area contributed by atoms with Gasteiger partial charge in [-0.3, -0.25) is 47.9 Å². The molecule has 1 saturated heterocycles. The Kier molecular flexibility index (Phi) is 27.5. The van der Waals surface area contributed by atoms with E-state index in [9.17, 15) is 63.0 Å². The number of carboxylic acid groups (broad SMARTS) is 1. The van der Waals surface area contributed by atoms with Gasteiger partial charge in [-0.25, -0.2) is 4.79 Å². The van der Waals surface area contributed by atoms with E-state index in [1.807, 2.05) is 18.2 Å². The minimum absolute atomic E-state index is 0.0218. The standard InChI is InChI=1S/C61H91N15O13/c1-32(2)26-44(54(81)69-43(21-12-14-24-63)60(87)76-25-15-22-48(76)58(85)72-46(57(84)75-51(35(6)77)61(88)89)28-37-31-67-42-20-10-8-17-39(37)42)70-55(82)45(27-36-30-66-41-19-9-7-16-38(36)41)71-56(83)47(29-49(65)78)73-59(86)50(33(3)4)74-52(79)34(5)68-53(80)40(64)18-11-13-23-62/h7-10,16-17,19-20,30-35,40,43-48,50-51,66-67,77H,11-15,18,21-29,62-64H2,1-6H3,(H2,65,78)(H,68,80)(H,69,81)(H,70,82)(H,71,83)(H,72,85)(H,73,86)(H,74,79)(H,75,84)(H,88,89)/t34-,35+,40-,43-,44-,45-,46-,47-,48-,50-,51-/m0/s1. The fourth-order valence-corrected chi connectivity index (χ4v) is 10.7. The molecule has 20 N–H and O–H groups in total. The van der Waals surface area contributed by atoms with E-state index in [4.69, 9.17) is 22.9 Å². The molecule has 0 spiro atoms. The Balaban J connectivity index is 1.38. The number of amides is 10. The van der Waals surface area contributed by atoms with Crippen molar-refractivity contribution in [1.82, 2.24) is 57.4 Å². The van der Waals surface area contributed by atoms with Crippen molar-refractivity contribution in [3.63, 3.8) is 0 Å². The van der Waals surface area contributed by atoms with Crippen LogP contribution in [0.1, 0.15) is 117 Å². The van der Waals surface area contributed by atoms with Crippen LogP contribution < -0.4 is 65.5 Å². The van der Waals surface area contributed by atoms with Crippen molar-refractivity contribution in [3.8, 4) is 0 Å². The van der Waals surface area contributed by atoms with E-state index in [0.717, 1.165) is 10.9 Å². The maximum Gasteiger partial charge on any atom is 0.328 e. The second-order valence-corrected chi connectivity index (χ2v) is 23.6. The number of aromatic nitrogens is 2. The smallest absolute Gasteiger partial charge is 0.328 e. The number of carbonyl (C=O) groups is 11. The monoisotopic (exact) mass is 1240 g/mol. The molecule has 3 heterocycles. The molecule has 10 amide bonds. The first kappa shape index (κ1) is 71.3. The van der Waals surface area contributed by atoms with Gasteiger partial charge < -0.3 is 90.5 Å². The molecule has 89 heavy (non-hydrogen) atoms. The first-order valence-corrected chi connectivity index (χ1v) is 30.4. The maximum absolute atomic E-state index is 14.9. The van der Waals surface area contributed by atoms with Crippen molar-refractivity contribution in [2.24, 2.45) is 34.8 Å². The predicted molar refractivity (Wildman–Crippen MR) is 331 cm³/mol. The number of H-pyrrole nitrogens is 2. The van der Waals surface area contributed by atoms with Crippen LogP contribution in [0.15, 0.2) is 60.9 Å². The molecule has 11 atom stereocenters. The lowest BCUT2D eigenvalue weighted by atomic mass is 9.99. The summed E-state index contributed by atoms with van der Waals surface area (Å²) in [6, 6.07) is 0.966. The van der Waals surface area contributed by atoms with E-state index >= 15 is 0 Å². The van der Waals surface area contributed by atoms with Crippen molar-refractivity contribution >= 4 is 86.8 Å². The first-order chi connectivity index (χ1) is 42.2. The number of benzene rings is 2. The number of hydrogen-bond donors (Lipinski definition) is 16. The highest BCUT2D eigenvalue weighted by molar-refractivity contribution is 6.00. The van der Waals surface area contributed by atoms with Crippen LogP contribution in [0.3, 0.4) is 0 Å².